The summed E-state index contributed by atoms with van der Waals surface area (Å²) in [5, 5.41) is 5.63. The summed E-state index contributed by atoms with van der Waals surface area (Å²) in [5.41, 5.74) is 5.61. The molecule has 2 amide bonds. The van der Waals surface area contributed by atoms with Crippen molar-refractivity contribution in [3.63, 3.8) is 0 Å². The van der Waals surface area contributed by atoms with Gasteiger partial charge in [0.1, 0.15) is 0 Å². The zero-order valence-electron chi connectivity index (χ0n) is 12.7. The molecule has 0 aromatic heterocycles. The molecule has 0 bridgehead atoms. The van der Waals surface area contributed by atoms with Crippen molar-refractivity contribution >= 4 is 24.2 Å². The zero-order valence-corrected chi connectivity index (χ0v) is 13.5. The van der Waals surface area contributed by atoms with Gasteiger partial charge in [-0.15, -0.1) is 12.4 Å². The maximum atomic E-state index is 11.8. The van der Waals surface area contributed by atoms with Gasteiger partial charge < -0.3 is 16.4 Å². The fourth-order valence-corrected chi connectivity index (χ4v) is 2.49. The molecule has 0 aromatic rings. The van der Waals surface area contributed by atoms with Crippen molar-refractivity contribution in [2.24, 2.45) is 17.1 Å². The van der Waals surface area contributed by atoms with Gasteiger partial charge in [-0.3, -0.25) is 9.59 Å². The van der Waals surface area contributed by atoms with Crippen LogP contribution in [0.1, 0.15) is 46.5 Å². The number of nitrogens with one attached hydrogen (secondary N) is 2. The first kappa shape index (κ1) is 19.2. The van der Waals surface area contributed by atoms with E-state index in [-0.39, 0.29) is 42.2 Å². The van der Waals surface area contributed by atoms with Crippen LogP contribution in [0.15, 0.2) is 0 Å². The molecule has 0 radical (unpaired) electrons. The molecule has 1 aliphatic carbocycles. The van der Waals surface area contributed by atoms with Crippen LogP contribution in [0.3, 0.4) is 0 Å². The lowest BCUT2D eigenvalue weighted by molar-refractivity contribution is -0.127. The molecular formula is C14H28ClN3O2. The minimum absolute atomic E-state index is 0. The Kier molecular flexibility index (Phi) is 8.13. The van der Waals surface area contributed by atoms with Crippen molar-refractivity contribution < 1.29 is 9.59 Å². The highest BCUT2D eigenvalue weighted by atomic mass is 35.5. The molecule has 0 saturated heterocycles. The van der Waals surface area contributed by atoms with Crippen LogP contribution in [0.2, 0.25) is 0 Å². The largest absolute Gasteiger partial charge is 0.352 e. The van der Waals surface area contributed by atoms with Crippen LogP contribution in [-0.4, -0.2) is 30.9 Å². The lowest BCUT2D eigenvalue weighted by Gasteiger charge is -2.20. The van der Waals surface area contributed by atoms with Gasteiger partial charge in [-0.2, -0.15) is 0 Å². The minimum Gasteiger partial charge on any atom is -0.352 e. The number of halogens is 1. The van der Waals surface area contributed by atoms with E-state index in [1.165, 1.54) is 0 Å². The van der Waals surface area contributed by atoms with Crippen LogP contribution in [0.25, 0.3) is 0 Å². The van der Waals surface area contributed by atoms with Crippen LogP contribution in [0.4, 0.5) is 0 Å². The molecule has 2 atom stereocenters. The predicted octanol–water partition coefficient (Wildman–Crippen LogP) is 1.20. The third-order valence-electron chi connectivity index (χ3n) is 3.45. The molecule has 0 aromatic carbocycles. The van der Waals surface area contributed by atoms with E-state index < -0.39 is 0 Å². The van der Waals surface area contributed by atoms with Crippen molar-refractivity contribution in [2.75, 3.05) is 13.1 Å². The molecule has 1 aliphatic rings. The maximum absolute atomic E-state index is 11.8. The monoisotopic (exact) mass is 305 g/mol. The fourth-order valence-electron chi connectivity index (χ4n) is 2.49. The van der Waals surface area contributed by atoms with Gasteiger partial charge in [-0.1, -0.05) is 27.2 Å². The highest BCUT2D eigenvalue weighted by Gasteiger charge is 2.27. The average Bonchev–Trinajstić information content (AvgIpc) is 2.71. The Hall–Kier alpha value is -0.810. The van der Waals surface area contributed by atoms with Crippen molar-refractivity contribution in [3.05, 3.63) is 0 Å². The van der Waals surface area contributed by atoms with Gasteiger partial charge in [0.25, 0.3) is 0 Å². The molecule has 1 fully saturated rings. The van der Waals surface area contributed by atoms with E-state index in [1.807, 2.05) is 20.8 Å². The Bertz CT molecular complexity index is 329. The molecule has 0 aliphatic heterocycles. The molecule has 6 heteroatoms. The van der Waals surface area contributed by atoms with E-state index in [2.05, 4.69) is 10.6 Å². The number of hydrogen-bond acceptors (Lipinski definition) is 3. The van der Waals surface area contributed by atoms with Crippen LogP contribution >= 0.6 is 12.4 Å². The molecule has 4 N–H and O–H groups in total. The van der Waals surface area contributed by atoms with Crippen LogP contribution in [0, 0.1) is 11.3 Å². The van der Waals surface area contributed by atoms with E-state index in [9.17, 15) is 9.59 Å². The SMILES string of the molecule is CC(C)(C)CC(=O)NCC(=O)NC1CCCC1CN.Cl. The lowest BCUT2D eigenvalue weighted by atomic mass is 9.92. The quantitative estimate of drug-likeness (QED) is 0.713. The number of hydrogen-bond donors (Lipinski definition) is 3. The first-order chi connectivity index (χ1) is 8.81. The van der Waals surface area contributed by atoms with E-state index >= 15 is 0 Å². The summed E-state index contributed by atoms with van der Waals surface area (Å²) >= 11 is 0. The molecular weight excluding hydrogens is 278 g/mol. The molecule has 0 heterocycles. The normalized spacial score (nSPS) is 22.0. The number of rotatable bonds is 5. The summed E-state index contributed by atoms with van der Waals surface area (Å²) in [6.45, 7) is 6.66. The van der Waals surface area contributed by atoms with Gasteiger partial charge in [0.15, 0.2) is 0 Å². The maximum Gasteiger partial charge on any atom is 0.239 e. The van der Waals surface area contributed by atoms with E-state index in [1.54, 1.807) is 0 Å². The van der Waals surface area contributed by atoms with Crippen molar-refractivity contribution in [1.29, 1.82) is 0 Å². The Labute approximate surface area is 127 Å². The molecule has 1 rings (SSSR count). The summed E-state index contributed by atoms with van der Waals surface area (Å²) in [6, 6.07) is 0.178. The number of nitrogens with two attached hydrogens (primary N) is 1. The van der Waals surface area contributed by atoms with Crippen LogP contribution < -0.4 is 16.4 Å². The summed E-state index contributed by atoms with van der Waals surface area (Å²) in [4.78, 5) is 23.4. The van der Waals surface area contributed by atoms with Gasteiger partial charge >= 0.3 is 0 Å². The van der Waals surface area contributed by atoms with Crippen molar-refractivity contribution in [1.82, 2.24) is 10.6 Å². The Morgan fingerprint density at radius 3 is 2.40 bits per heavy atom. The van der Waals surface area contributed by atoms with Crippen LogP contribution in [0.5, 0.6) is 0 Å². The van der Waals surface area contributed by atoms with Crippen molar-refractivity contribution in [3.8, 4) is 0 Å². The number of carbonyl (C=O) groups excluding carboxylic acids is 2. The van der Waals surface area contributed by atoms with Gasteiger partial charge in [-0.25, -0.2) is 0 Å². The molecule has 20 heavy (non-hydrogen) atoms. The number of carbonyl (C=O) groups is 2. The summed E-state index contributed by atoms with van der Waals surface area (Å²) in [5.74, 6) is 0.186. The fraction of sp³-hybridized carbons (Fsp3) is 0.857. The zero-order chi connectivity index (χ0) is 14.5. The average molecular weight is 306 g/mol. The smallest absolute Gasteiger partial charge is 0.239 e. The highest BCUT2D eigenvalue weighted by molar-refractivity contribution is 5.85. The van der Waals surface area contributed by atoms with Gasteiger partial charge in [0.05, 0.1) is 6.54 Å². The summed E-state index contributed by atoms with van der Waals surface area (Å²) in [7, 11) is 0. The first-order valence-corrected chi connectivity index (χ1v) is 7.08. The minimum atomic E-state index is -0.118. The summed E-state index contributed by atoms with van der Waals surface area (Å²) in [6.07, 6.45) is 3.61. The number of amides is 2. The topological polar surface area (TPSA) is 84.2 Å². The summed E-state index contributed by atoms with van der Waals surface area (Å²) < 4.78 is 0. The van der Waals surface area contributed by atoms with E-state index in [4.69, 9.17) is 5.73 Å². The second-order valence-electron chi connectivity index (χ2n) is 6.61. The lowest BCUT2D eigenvalue weighted by Crippen LogP contribution is -2.45. The van der Waals surface area contributed by atoms with E-state index in [0.717, 1.165) is 19.3 Å². The second-order valence-corrected chi connectivity index (χ2v) is 6.61. The standard InChI is InChI=1S/C14H27N3O2.ClH/c1-14(2,3)7-12(18)16-9-13(19)17-11-6-4-5-10(11)8-15;/h10-11H,4-9,15H2,1-3H3,(H,16,18)(H,17,19);1H. The first-order valence-electron chi connectivity index (χ1n) is 7.08. The third kappa shape index (κ3) is 7.10. The van der Waals surface area contributed by atoms with E-state index in [0.29, 0.717) is 18.9 Å². The molecule has 2 unspecified atom stereocenters. The van der Waals surface area contributed by atoms with Crippen LogP contribution in [-0.2, 0) is 9.59 Å². The third-order valence-corrected chi connectivity index (χ3v) is 3.45. The molecule has 5 nitrogen and oxygen atoms in total. The Morgan fingerprint density at radius 1 is 1.20 bits per heavy atom. The molecule has 0 spiro atoms. The molecule has 1 saturated carbocycles. The molecule has 118 valence electrons. The Balaban J connectivity index is 0.00000361. The van der Waals surface area contributed by atoms with Gasteiger partial charge in [-0.05, 0) is 30.7 Å². The van der Waals surface area contributed by atoms with Crippen molar-refractivity contribution in [2.45, 2.75) is 52.5 Å². The van der Waals surface area contributed by atoms with Gasteiger partial charge in [0.2, 0.25) is 11.8 Å². The van der Waals surface area contributed by atoms with Gasteiger partial charge in [0, 0.05) is 12.5 Å². The predicted molar refractivity (Wildman–Crippen MR) is 82.7 cm³/mol. The highest BCUT2D eigenvalue weighted by Crippen LogP contribution is 2.24. The Morgan fingerprint density at radius 2 is 1.85 bits per heavy atom. The second kappa shape index (κ2) is 8.47.